The van der Waals surface area contributed by atoms with Crippen LogP contribution < -0.4 is 5.32 Å². The molecular weight excluding hydrogens is 442 g/mol. The van der Waals surface area contributed by atoms with E-state index in [1.54, 1.807) is 29.8 Å². The zero-order chi connectivity index (χ0) is 25.6. The maximum Gasteiger partial charge on any atom is 0.358 e. The number of rotatable bonds is 16. The van der Waals surface area contributed by atoms with Crippen molar-refractivity contribution in [1.29, 1.82) is 0 Å². The Morgan fingerprint density at radius 1 is 1.06 bits per heavy atom. The normalized spacial score (nSPS) is 12.8. The minimum absolute atomic E-state index is 0.110. The van der Waals surface area contributed by atoms with Gasteiger partial charge in [-0.2, -0.15) is 5.10 Å². The van der Waals surface area contributed by atoms with Crippen molar-refractivity contribution in [3.8, 4) is 5.69 Å². The van der Waals surface area contributed by atoms with E-state index >= 15 is 0 Å². The fourth-order valence-corrected chi connectivity index (χ4v) is 3.85. The van der Waals surface area contributed by atoms with Gasteiger partial charge in [-0.1, -0.05) is 47.0 Å². The van der Waals surface area contributed by atoms with Crippen molar-refractivity contribution in [3.63, 3.8) is 0 Å². The number of benzene rings is 1. The molecule has 1 aromatic carbocycles. The maximum atomic E-state index is 12.5. The van der Waals surface area contributed by atoms with Crippen LogP contribution in [-0.4, -0.2) is 48.0 Å². The summed E-state index contributed by atoms with van der Waals surface area (Å²) in [6.07, 6.45) is 6.55. The number of hydrogen-bond donors (Lipinski definition) is 1. The first-order chi connectivity index (χ1) is 16.9. The Hall–Kier alpha value is -2.67. The van der Waals surface area contributed by atoms with Crippen LogP contribution in [0.4, 0.5) is 0 Å². The smallest absolute Gasteiger partial charge is 0.358 e. The molecule has 0 saturated heterocycles. The van der Waals surface area contributed by atoms with Crippen molar-refractivity contribution in [2.75, 3.05) is 26.4 Å². The Morgan fingerprint density at radius 2 is 1.80 bits per heavy atom. The van der Waals surface area contributed by atoms with Crippen molar-refractivity contribution < 1.29 is 19.1 Å². The van der Waals surface area contributed by atoms with Gasteiger partial charge in [0.1, 0.15) is 0 Å². The summed E-state index contributed by atoms with van der Waals surface area (Å²) < 4.78 is 12.7. The third kappa shape index (κ3) is 8.80. The van der Waals surface area contributed by atoms with Crippen molar-refractivity contribution in [1.82, 2.24) is 15.1 Å². The van der Waals surface area contributed by atoms with E-state index in [0.29, 0.717) is 36.9 Å². The summed E-state index contributed by atoms with van der Waals surface area (Å²) in [6.45, 7) is 12.7. The highest BCUT2D eigenvalue weighted by Gasteiger charge is 2.19. The number of carbonyl (C=O) groups is 2. The lowest BCUT2D eigenvalue weighted by Gasteiger charge is -2.14. The minimum atomic E-state index is -0.429. The van der Waals surface area contributed by atoms with Crippen LogP contribution in [0.2, 0.25) is 0 Å². The van der Waals surface area contributed by atoms with Gasteiger partial charge in [-0.15, -0.1) is 0 Å². The lowest BCUT2D eigenvalue weighted by Crippen LogP contribution is -2.25. The van der Waals surface area contributed by atoms with Crippen molar-refractivity contribution in [3.05, 3.63) is 47.3 Å². The number of esters is 1. The molecule has 0 spiro atoms. The second kappa shape index (κ2) is 15.4. The first kappa shape index (κ1) is 28.6. The minimum Gasteiger partial charge on any atom is -0.461 e. The topological polar surface area (TPSA) is 82.5 Å². The molecule has 0 unspecified atom stereocenters. The first-order valence-electron chi connectivity index (χ1n) is 13.2. The lowest BCUT2D eigenvalue weighted by atomic mass is 10.0. The van der Waals surface area contributed by atoms with Crippen LogP contribution in [0, 0.1) is 5.92 Å². The zero-order valence-corrected chi connectivity index (χ0v) is 22.1. The molecule has 2 aromatic rings. The van der Waals surface area contributed by atoms with Gasteiger partial charge in [0.25, 0.3) is 5.91 Å². The Labute approximate surface area is 210 Å². The van der Waals surface area contributed by atoms with Crippen molar-refractivity contribution in [2.24, 2.45) is 5.92 Å². The van der Waals surface area contributed by atoms with Crippen molar-refractivity contribution >= 4 is 11.9 Å². The number of amides is 1. The Kier molecular flexibility index (Phi) is 12.5. The molecule has 194 valence electrons. The molecule has 0 aliphatic carbocycles. The van der Waals surface area contributed by atoms with Crippen LogP contribution in [0.5, 0.6) is 0 Å². The molecule has 1 aromatic heterocycles. The molecule has 1 heterocycles. The third-order valence-electron chi connectivity index (χ3n) is 6.36. The molecule has 0 saturated carbocycles. The number of nitrogens with one attached hydrogen (secondary N) is 1. The number of nitrogens with zero attached hydrogens (tertiary/aromatic N) is 2. The van der Waals surface area contributed by atoms with Crippen LogP contribution >= 0.6 is 0 Å². The van der Waals surface area contributed by atoms with Gasteiger partial charge < -0.3 is 14.8 Å². The Bertz CT molecular complexity index is 907. The average Bonchev–Trinajstić information content (AvgIpc) is 3.33. The first-order valence-corrected chi connectivity index (χ1v) is 13.2. The maximum absolute atomic E-state index is 12.5. The molecule has 2 atom stereocenters. The predicted molar refractivity (Wildman–Crippen MR) is 139 cm³/mol. The molecule has 35 heavy (non-hydrogen) atoms. The number of aromatic nitrogens is 2. The van der Waals surface area contributed by atoms with Gasteiger partial charge in [0, 0.05) is 31.0 Å². The van der Waals surface area contributed by atoms with Crippen LogP contribution in [0.1, 0.15) is 106 Å². The number of unbranched alkanes of at least 4 members (excludes halogenated alkanes) is 1. The van der Waals surface area contributed by atoms with Gasteiger partial charge in [-0.3, -0.25) is 4.79 Å². The predicted octanol–water partition coefficient (Wildman–Crippen LogP) is 5.92. The van der Waals surface area contributed by atoms with E-state index in [2.05, 4.69) is 38.1 Å². The van der Waals surface area contributed by atoms with E-state index in [1.165, 1.54) is 19.3 Å². The summed E-state index contributed by atoms with van der Waals surface area (Å²) in [5, 5.41) is 7.45. The summed E-state index contributed by atoms with van der Waals surface area (Å²) in [5.74, 6) is 0.310. The Balaban J connectivity index is 1.91. The van der Waals surface area contributed by atoms with E-state index in [9.17, 15) is 9.59 Å². The summed E-state index contributed by atoms with van der Waals surface area (Å²) in [4.78, 5) is 24.7. The molecule has 7 heteroatoms. The second-order valence-electron chi connectivity index (χ2n) is 9.04. The summed E-state index contributed by atoms with van der Waals surface area (Å²) >= 11 is 0. The molecule has 2 rings (SSSR count). The van der Waals surface area contributed by atoms with E-state index in [4.69, 9.17) is 9.47 Å². The average molecular weight is 486 g/mol. The van der Waals surface area contributed by atoms with E-state index in [0.717, 1.165) is 37.3 Å². The third-order valence-corrected chi connectivity index (χ3v) is 6.36. The summed E-state index contributed by atoms with van der Waals surface area (Å²) in [6, 6.07) is 9.07. The molecule has 7 nitrogen and oxygen atoms in total. The molecule has 0 bridgehead atoms. The highest BCUT2D eigenvalue weighted by molar-refractivity contribution is 5.94. The van der Waals surface area contributed by atoms with E-state index in [1.807, 2.05) is 12.1 Å². The number of hydrogen-bond acceptors (Lipinski definition) is 5. The summed E-state index contributed by atoms with van der Waals surface area (Å²) in [5.41, 5.74) is 2.62. The fraction of sp³-hybridized carbons (Fsp3) is 0.607. The lowest BCUT2D eigenvalue weighted by molar-refractivity contribution is 0.0518. The molecule has 1 amide bonds. The van der Waals surface area contributed by atoms with E-state index < -0.39 is 5.97 Å². The van der Waals surface area contributed by atoms with Crippen LogP contribution in [0.3, 0.4) is 0 Å². The molecule has 0 radical (unpaired) electrons. The van der Waals surface area contributed by atoms with Crippen molar-refractivity contribution in [2.45, 2.75) is 79.1 Å². The van der Waals surface area contributed by atoms with Gasteiger partial charge in [-0.25, -0.2) is 9.48 Å². The van der Waals surface area contributed by atoms with Gasteiger partial charge in [0.15, 0.2) is 5.69 Å². The molecule has 0 fully saturated rings. The number of carbonyl (C=O) groups excluding carboxylic acids is 2. The monoisotopic (exact) mass is 485 g/mol. The molecule has 1 N–H and O–H groups in total. The van der Waals surface area contributed by atoms with Gasteiger partial charge in [-0.05, 0) is 68.4 Å². The molecule has 0 aliphatic heterocycles. The molecule has 0 aliphatic rings. The standard InChI is InChI=1S/C28H43N3O4/c1-6-10-12-22(8-3)20-34-18-11-17-29-27(32)23-13-15-24(16-14-23)31-26(21(5)7-2)19-25(30-31)28(33)35-9-4/h13-16,19,21-22H,6-12,17-18,20H2,1-5H3,(H,29,32)/t21-,22+/m1/s1. The largest absolute Gasteiger partial charge is 0.461 e. The van der Waals surface area contributed by atoms with Crippen LogP contribution in [-0.2, 0) is 9.47 Å². The van der Waals surface area contributed by atoms with Gasteiger partial charge in [0.05, 0.1) is 12.3 Å². The summed E-state index contributed by atoms with van der Waals surface area (Å²) in [7, 11) is 0. The Morgan fingerprint density at radius 3 is 2.43 bits per heavy atom. The van der Waals surface area contributed by atoms with Crippen LogP contribution in [0.25, 0.3) is 5.69 Å². The quantitative estimate of drug-likeness (QED) is 0.236. The van der Waals surface area contributed by atoms with Gasteiger partial charge in [0.2, 0.25) is 0 Å². The fourth-order valence-electron chi connectivity index (χ4n) is 3.85. The van der Waals surface area contributed by atoms with Crippen LogP contribution in [0.15, 0.2) is 30.3 Å². The molecular formula is C28H43N3O4. The van der Waals surface area contributed by atoms with E-state index in [-0.39, 0.29) is 11.8 Å². The second-order valence-corrected chi connectivity index (χ2v) is 9.04. The zero-order valence-electron chi connectivity index (χ0n) is 22.1. The SMILES string of the molecule is CCCC[C@H](CC)COCCCNC(=O)c1ccc(-n2nc(C(=O)OCC)cc2[C@H](C)CC)cc1. The number of ether oxygens (including phenoxy) is 2. The van der Waals surface area contributed by atoms with Gasteiger partial charge >= 0.3 is 5.97 Å². The highest BCUT2D eigenvalue weighted by Crippen LogP contribution is 2.24. The highest BCUT2D eigenvalue weighted by atomic mass is 16.5.